The zero-order valence-corrected chi connectivity index (χ0v) is 16.8. The minimum Gasteiger partial charge on any atom is -0.384 e. The van der Waals surface area contributed by atoms with Crippen LogP contribution in [-0.4, -0.2) is 31.8 Å². The van der Waals surface area contributed by atoms with Crippen molar-refractivity contribution in [2.75, 3.05) is 13.7 Å². The molecule has 5 heteroatoms. The number of hydrogen-bond acceptors (Lipinski definition) is 3. The highest BCUT2D eigenvalue weighted by molar-refractivity contribution is 5.76. The third kappa shape index (κ3) is 4.68. The maximum Gasteiger partial charge on any atom is 0.222 e. The molecule has 2 aromatic rings. The van der Waals surface area contributed by atoms with Crippen LogP contribution in [-0.2, 0) is 14.3 Å². The average Bonchev–Trinajstić information content (AvgIpc) is 3.22. The predicted molar refractivity (Wildman–Crippen MR) is 110 cm³/mol. The Balaban J connectivity index is 1.47. The largest absolute Gasteiger partial charge is 0.384 e. The van der Waals surface area contributed by atoms with E-state index in [-0.39, 0.29) is 30.0 Å². The van der Waals surface area contributed by atoms with Gasteiger partial charge >= 0.3 is 0 Å². The second kappa shape index (κ2) is 9.06. The van der Waals surface area contributed by atoms with Gasteiger partial charge in [0.2, 0.25) is 5.91 Å². The second-order valence-corrected chi connectivity index (χ2v) is 8.04. The zero-order valence-electron chi connectivity index (χ0n) is 16.8. The molecule has 1 aliphatic carbocycles. The fourth-order valence-electron chi connectivity index (χ4n) is 4.64. The van der Waals surface area contributed by atoms with Crippen LogP contribution in [0.1, 0.15) is 43.8 Å². The molecule has 2 fully saturated rings. The van der Waals surface area contributed by atoms with Crippen LogP contribution in [0.25, 0.3) is 11.1 Å². The lowest BCUT2D eigenvalue weighted by Crippen LogP contribution is -2.48. The SMILES string of the molecule is COCCC(=O)N[C@@H]1C[C@H](c2ccc(-c3ccc(F)cc3)cc2)O[C@@H]2CCC[C@@H]12. The van der Waals surface area contributed by atoms with E-state index in [1.807, 2.05) is 0 Å². The van der Waals surface area contributed by atoms with Gasteiger partial charge in [-0.2, -0.15) is 0 Å². The lowest BCUT2D eigenvalue weighted by atomic mass is 9.86. The summed E-state index contributed by atoms with van der Waals surface area (Å²) >= 11 is 0. The average molecular weight is 397 g/mol. The van der Waals surface area contributed by atoms with Crippen molar-refractivity contribution in [2.24, 2.45) is 5.92 Å². The molecule has 0 spiro atoms. The molecule has 0 aromatic heterocycles. The lowest BCUT2D eigenvalue weighted by Gasteiger charge is -2.39. The molecule has 1 saturated heterocycles. The van der Waals surface area contributed by atoms with Crippen LogP contribution in [0.2, 0.25) is 0 Å². The van der Waals surface area contributed by atoms with Crippen molar-refractivity contribution in [3.05, 3.63) is 59.9 Å². The molecule has 1 amide bonds. The highest BCUT2D eigenvalue weighted by Crippen LogP contribution is 2.42. The van der Waals surface area contributed by atoms with Crippen molar-refractivity contribution in [2.45, 2.75) is 50.4 Å². The van der Waals surface area contributed by atoms with Crippen LogP contribution in [0.4, 0.5) is 4.39 Å². The topological polar surface area (TPSA) is 47.6 Å². The Bertz CT molecular complexity index is 821. The van der Waals surface area contributed by atoms with Gasteiger partial charge in [-0.05, 0) is 48.1 Å². The molecule has 1 saturated carbocycles. The second-order valence-electron chi connectivity index (χ2n) is 8.04. The number of ether oxygens (including phenoxy) is 2. The zero-order chi connectivity index (χ0) is 20.2. The normalized spacial score (nSPS) is 26.1. The van der Waals surface area contributed by atoms with E-state index < -0.39 is 0 Å². The first-order valence-electron chi connectivity index (χ1n) is 10.4. The van der Waals surface area contributed by atoms with Crippen molar-refractivity contribution in [3.63, 3.8) is 0 Å². The van der Waals surface area contributed by atoms with Crippen LogP contribution in [0.5, 0.6) is 0 Å². The molecule has 29 heavy (non-hydrogen) atoms. The number of hydrogen-bond donors (Lipinski definition) is 1. The fourth-order valence-corrected chi connectivity index (χ4v) is 4.64. The number of amides is 1. The van der Waals surface area contributed by atoms with Gasteiger partial charge in [-0.25, -0.2) is 4.39 Å². The van der Waals surface area contributed by atoms with Crippen LogP contribution in [0.3, 0.4) is 0 Å². The smallest absolute Gasteiger partial charge is 0.222 e. The van der Waals surface area contributed by atoms with E-state index in [4.69, 9.17) is 9.47 Å². The first-order chi connectivity index (χ1) is 14.1. The molecule has 1 heterocycles. The van der Waals surface area contributed by atoms with Gasteiger partial charge in [0.1, 0.15) is 5.82 Å². The number of methoxy groups -OCH3 is 1. The third-order valence-corrected chi connectivity index (χ3v) is 6.17. The van der Waals surface area contributed by atoms with Gasteiger partial charge in [-0.3, -0.25) is 4.79 Å². The maximum atomic E-state index is 13.2. The van der Waals surface area contributed by atoms with E-state index in [1.165, 1.54) is 12.1 Å². The van der Waals surface area contributed by atoms with Crippen molar-refractivity contribution in [3.8, 4) is 11.1 Å². The monoisotopic (exact) mass is 397 g/mol. The summed E-state index contributed by atoms with van der Waals surface area (Å²) in [6.45, 7) is 0.442. The van der Waals surface area contributed by atoms with E-state index in [1.54, 1.807) is 19.2 Å². The number of halogens is 1. The van der Waals surface area contributed by atoms with Crippen LogP contribution < -0.4 is 5.32 Å². The molecular formula is C24H28FNO3. The summed E-state index contributed by atoms with van der Waals surface area (Å²) in [7, 11) is 1.61. The van der Waals surface area contributed by atoms with E-state index >= 15 is 0 Å². The Hall–Kier alpha value is -2.24. The quantitative estimate of drug-likeness (QED) is 0.772. The predicted octanol–water partition coefficient (Wildman–Crippen LogP) is 4.64. The highest BCUT2D eigenvalue weighted by atomic mass is 19.1. The van der Waals surface area contributed by atoms with Crippen molar-refractivity contribution in [1.82, 2.24) is 5.32 Å². The minimum absolute atomic E-state index is 0.0238. The van der Waals surface area contributed by atoms with E-state index in [2.05, 4.69) is 29.6 Å². The molecule has 154 valence electrons. The summed E-state index contributed by atoms with van der Waals surface area (Å²) in [4.78, 5) is 12.3. The number of benzene rings is 2. The van der Waals surface area contributed by atoms with E-state index in [0.29, 0.717) is 18.9 Å². The Morgan fingerprint density at radius 1 is 1.10 bits per heavy atom. The molecule has 0 radical (unpaired) electrons. The van der Waals surface area contributed by atoms with E-state index in [0.717, 1.165) is 42.4 Å². The fraction of sp³-hybridized carbons (Fsp3) is 0.458. The molecule has 2 aromatic carbocycles. The number of fused-ring (bicyclic) bond motifs is 1. The molecule has 4 rings (SSSR count). The van der Waals surface area contributed by atoms with Gasteiger partial charge in [-0.1, -0.05) is 42.8 Å². The number of nitrogens with one attached hydrogen (secondary N) is 1. The van der Waals surface area contributed by atoms with Gasteiger partial charge in [-0.15, -0.1) is 0 Å². The Labute approximate surface area is 171 Å². The van der Waals surface area contributed by atoms with E-state index in [9.17, 15) is 9.18 Å². The van der Waals surface area contributed by atoms with Gasteiger partial charge in [0, 0.05) is 25.5 Å². The van der Waals surface area contributed by atoms with Crippen molar-refractivity contribution >= 4 is 5.91 Å². The Kier molecular flexibility index (Phi) is 6.26. The molecular weight excluding hydrogens is 369 g/mol. The summed E-state index contributed by atoms with van der Waals surface area (Å²) in [5.74, 6) is 0.219. The standard InChI is InChI=1S/C24H28FNO3/c1-28-14-13-24(27)26-21-15-23(29-22-4-2-3-20(21)22)18-7-5-16(6-8-18)17-9-11-19(25)12-10-17/h5-12,20-23H,2-4,13-15H2,1H3,(H,26,27)/t20-,21+,22+,23+/m0/s1. The number of carbonyl (C=O) groups excluding carboxylic acids is 1. The van der Waals surface area contributed by atoms with Gasteiger partial charge < -0.3 is 14.8 Å². The van der Waals surface area contributed by atoms with Gasteiger partial charge in [0.05, 0.1) is 18.8 Å². The van der Waals surface area contributed by atoms with Gasteiger partial charge in [0.15, 0.2) is 0 Å². The first kappa shape index (κ1) is 20.0. The molecule has 0 bridgehead atoms. The molecule has 2 aliphatic rings. The summed E-state index contributed by atoms with van der Waals surface area (Å²) in [6, 6.07) is 15.0. The highest BCUT2D eigenvalue weighted by Gasteiger charge is 2.42. The van der Waals surface area contributed by atoms with Gasteiger partial charge in [0.25, 0.3) is 0 Å². The summed E-state index contributed by atoms with van der Waals surface area (Å²) in [5, 5.41) is 3.23. The van der Waals surface area contributed by atoms with Crippen molar-refractivity contribution in [1.29, 1.82) is 0 Å². The summed E-state index contributed by atoms with van der Waals surface area (Å²) in [6.07, 6.45) is 4.67. The number of carbonyl (C=O) groups is 1. The molecule has 4 atom stereocenters. The summed E-state index contributed by atoms with van der Waals surface area (Å²) < 4.78 is 24.6. The van der Waals surface area contributed by atoms with Crippen LogP contribution in [0, 0.1) is 11.7 Å². The summed E-state index contributed by atoms with van der Waals surface area (Å²) in [5.41, 5.74) is 3.16. The molecule has 4 nitrogen and oxygen atoms in total. The minimum atomic E-state index is -0.231. The van der Waals surface area contributed by atoms with Crippen molar-refractivity contribution < 1.29 is 18.7 Å². The first-order valence-corrected chi connectivity index (χ1v) is 10.4. The maximum absolute atomic E-state index is 13.2. The third-order valence-electron chi connectivity index (χ3n) is 6.17. The lowest BCUT2D eigenvalue weighted by molar-refractivity contribution is -0.127. The Morgan fingerprint density at radius 2 is 1.79 bits per heavy atom. The Morgan fingerprint density at radius 3 is 2.48 bits per heavy atom. The van der Waals surface area contributed by atoms with Crippen LogP contribution in [0.15, 0.2) is 48.5 Å². The molecule has 1 N–H and O–H groups in total. The number of rotatable bonds is 6. The molecule has 1 aliphatic heterocycles. The van der Waals surface area contributed by atoms with Crippen LogP contribution >= 0.6 is 0 Å². The molecule has 0 unspecified atom stereocenters.